The number of aromatic nitrogens is 1. The summed E-state index contributed by atoms with van der Waals surface area (Å²) in [5.41, 5.74) is 5.46. The van der Waals surface area contributed by atoms with E-state index < -0.39 is 0 Å². The number of halogens is 2. The lowest BCUT2D eigenvalue weighted by Gasteiger charge is -2.30. The van der Waals surface area contributed by atoms with E-state index in [0.29, 0.717) is 6.04 Å². The number of rotatable bonds is 6. The van der Waals surface area contributed by atoms with E-state index in [1.165, 1.54) is 11.1 Å². The molecular formula is C20H25Cl2N2-. The van der Waals surface area contributed by atoms with Crippen LogP contribution in [0.3, 0.4) is 0 Å². The van der Waals surface area contributed by atoms with Crippen LogP contribution in [0, 0.1) is 5.41 Å². The Morgan fingerprint density at radius 2 is 1.71 bits per heavy atom. The lowest BCUT2D eigenvalue weighted by atomic mass is 9.77. The number of nitrogens with two attached hydrogens (primary N) is 1. The monoisotopic (exact) mass is 363 g/mol. The quantitative estimate of drug-likeness (QED) is 0.566. The van der Waals surface area contributed by atoms with Gasteiger partial charge in [-0.2, -0.15) is 0 Å². The lowest BCUT2D eigenvalue weighted by Crippen LogP contribution is -3.00. The molecule has 0 aliphatic heterocycles. The van der Waals surface area contributed by atoms with E-state index in [9.17, 15) is 0 Å². The van der Waals surface area contributed by atoms with Crippen LogP contribution in [0.4, 0.5) is 0 Å². The summed E-state index contributed by atoms with van der Waals surface area (Å²) >= 11 is 0. The molecule has 0 saturated carbocycles. The second-order valence-corrected chi connectivity index (χ2v) is 6.71. The van der Waals surface area contributed by atoms with Gasteiger partial charge in [-0.1, -0.05) is 68.0 Å². The first kappa shape index (κ1) is 20.6. The van der Waals surface area contributed by atoms with Gasteiger partial charge in [-0.25, -0.2) is 10.1 Å². The third kappa shape index (κ3) is 5.01. The average molecular weight is 364 g/mol. The smallest absolute Gasteiger partial charge is 0.135 e. The molecule has 0 saturated heterocycles. The summed E-state index contributed by atoms with van der Waals surface area (Å²) in [6.07, 6.45) is 13.2. The molecule has 3 rings (SSSR count). The van der Waals surface area contributed by atoms with Crippen LogP contribution in [0.5, 0.6) is 0 Å². The second-order valence-electron chi connectivity index (χ2n) is 6.71. The van der Waals surface area contributed by atoms with Crippen LogP contribution in [0.15, 0.2) is 78.7 Å². The number of benzene rings is 1. The van der Waals surface area contributed by atoms with Crippen LogP contribution in [-0.2, 0) is 0 Å². The van der Waals surface area contributed by atoms with Crippen molar-refractivity contribution < 1.29 is 30.2 Å². The molecule has 1 heterocycles. The maximum absolute atomic E-state index is 2.37. The van der Waals surface area contributed by atoms with Gasteiger partial charge in [-0.3, -0.25) is 0 Å². The molecule has 1 unspecified atom stereocenters. The van der Waals surface area contributed by atoms with E-state index in [2.05, 4.69) is 97.0 Å². The molecule has 2 N–H and O–H groups in total. The zero-order chi connectivity index (χ0) is 15.4. The van der Waals surface area contributed by atoms with E-state index in [1.807, 2.05) is 0 Å². The molecule has 130 valence electrons. The Labute approximate surface area is 157 Å². The first-order chi connectivity index (χ1) is 10.6. The highest BCUT2D eigenvalue weighted by molar-refractivity contribution is 5.28. The topological polar surface area (TPSA) is 21.5 Å². The molecule has 1 aliphatic rings. The van der Waals surface area contributed by atoms with Gasteiger partial charge in [-0.15, -0.1) is 0 Å². The Kier molecular flexibility index (Phi) is 7.82. The van der Waals surface area contributed by atoms with Gasteiger partial charge < -0.3 is 24.8 Å². The fraction of sp³-hybridized carbons (Fsp3) is 0.300. The summed E-state index contributed by atoms with van der Waals surface area (Å²) in [4.78, 5) is 0. The van der Waals surface area contributed by atoms with Gasteiger partial charge in [0.05, 0.1) is 12.4 Å². The highest BCUT2D eigenvalue weighted by Gasteiger charge is 2.30. The Balaban J connectivity index is 0.00000144. The predicted octanol–water partition coefficient (Wildman–Crippen LogP) is -2.13. The molecule has 1 aromatic carbocycles. The van der Waals surface area contributed by atoms with Crippen molar-refractivity contribution in [2.45, 2.75) is 32.7 Å². The van der Waals surface area contributed by atoms with Crippen molar-refractivity contribution >= 4 is 0 Å². The van der Waals surface area contributed by atoms with Crippen LogP contribution >= 0.6 is 0 Å². The largest absolute Gasteiger partial charge is 1.00 e. The van der Waals surface area contributed by atoms with Crippen molar-refractivity contribution in [1.29, 1.82) is 0 Å². The van der Waals surface area contributed by atoms with Gasteiger partial charge in [-0.05, 0) is 24.0 Å². The van der Waals surface area contributed by atoms with Gasteiger partial charge in [0.1, 0.15) is 6.04 Å². The molecule has 2 aromatic rings. The van der Waals surface area contributed by atoms with Gasteiger partial charge in [0, 0.05) is 12.0 Å². The summed E-state index contributed by atoms with van der Waals surface area (Å²) in [6.45, 7) is 4.73. The highest BCUT2D eigenvalue weighted by Crippen LogP contribution is 2.38. The van der Waals surface area contributed by atoms with E-state index in [-0.39, 0.29) is 30.2 Å². The third-order valence-corrected chi connectivity index (χ3v) is 4.58. The fourth-order valence-electron chi connectivity index (χ4n) is 3.24. The average Bonchev–Trinajstić information content (AvgIpc) is 3.21. The maximum atomic E-state index is 2.37. The number of nitrogens with zero attached hydrogens (tertiary/aromatic N) is 1. The van der Waals surface area contributed by atoms with E-state index in [4.69, 9.17) is 0 Å². The first-order valence-electron chi connectivity index (χ1n) is 8.04. The number of hydrogen-bond acceptors (Lipinski definition) is 0. The van der Waals surface area contributed by atoms with Crippen molar-refractivity contribution in [2.75, 3.05) is 0 Å². The fourth-order valence-corrected chi connectivity index (χ4v) is 3.24. The Hall–Kier alpha value is -1.48. The van der Waals surface area contributed by atoms with Gasteiger partial charge in [0.15, 0.2) is 0 Å². The van der Waals surface area contributed by atoms with Crippen molar-refractivity contribution in [1.82, 2.24) is 4.68 Å². The molecule has 0 fully saturated rings. The minimum atomic E-state index is 0. The van der Waals surface area contributed by atoms with Crippen molar-refractivity contribution in [2.24, 2.45) is 5.41 Å². The van der Waals surface area contributed by atoms with Crippen molar-refractivity contribution in [3.8, 4) is 0 Å². The number of allylic oxidation sites excluding steroid dienone is 4. The molecule has 0 radical (unpaired) electrons. The normalized spacial score (nSPS) is 14.5. The molecule has 4 heteroatoms. The van der Waals surface area contributed by atoms with Crippen LogP contribution in [-0.4, -0.2) is 4.68 Å². The van der Waals surface area contributed by atoms with Crippen molar-refractivity contribution in [3.05, 3.63) is 84.2 Å². The van der Waals surface area contributed by atoms with Gasteiger partial charge in [0.2, 0.25) is 0 Å². The van der Waals surface area contributed by atoms with Gasteiger partial charge in [0.25, 0.3) is 0 Å². The minimum absolute atomic E-state index is 0. The molecule has 2 nitrogen and oxygen atoms in total. The summed E-state index contributed by atoms with van der Waals surface area (Å²) < 4.78 is 2.18. The maximum Gasteiger partial charge on any atom is 0.135 e. The van der Waals surface area contributed by atoms with Gasteiger partial charge >= 0.3 is 0 Å². The molecule has 1 aliphatic carbocycles. The Morgan fingerprint density at radius 3 is 2.29 bits per heavy atom. The van der Waals surface area contributed by atoms with E-state index >= 15 is 0 Å². The molecule has 1 aromatic heterocycles. The molecule has 0 spiro atoms. The highest BCUT2D eigenvalue weighted by atomic mass is 35.5. The predicted molar refractivity (Wildman–Crippen MR) is 91.2 cm³/mol. The SMILES string of the molecule is CC(C)(CC([NH2+]n1cccc1)c1ccccc1)C1=CC=CC1.[Cl-].[Cl-]. The number of quaternary nitrogens is 1. The molecular weight excluding hydrogens is 339 g/mol. The molecule has 1 atom stereocenters. The standard InChI is InChI=1S/C20H24N2.2ClH/c1-20(2,18-12-6-7-13-18)16-19(17-10-4-3-5-11-17)21-22-14-8-9-15-22;;/h3-12,14-15,19,21H,13,16H2,1-2H3;2*1H/p-1. The van der Waals surface area contributed by atoms with E-state index in [0.717, 1.165) is 12.8 Å². The summed E-state index contributed by atoms with van der Waals surface area (Å²) in [7, 11) is 0. The van der Waals surface area contributed by atoms with Crippen molar-refractivity contribution in [3.63, 3.8) is 0 Å². The first-order valence-corrected chi connectivity index (χ1v) is 8.04. The Morgan fingerprint density at radius 1 is 1.04 bits per heavy atom. The van der Waals surface area contributed by atoms with Crippen LogP contribution < -0.4 is 30.2 Å². The molecule has 0 amide bonds. The summed E-state index contributed by atoms with van der Waals surface area (Å²) in [5, 5.41) is 0. The van der Waals surface area contributed by atoms with Crippen LogP contribution in [0.1, 0.15) is 38.3 Å². The van der Waals surface area contributed by atoms with Crippen LogP contribution in [0.25, 0.3) is 0 Å². The van der Waals surface area contributed by atoms with E-state index in [1.54, 1.807) is 0 Å². The second kappa shape index (κ2) is 9.12. The lowest BCUT2D eigenvalue weighted by molar-refractivity contribution is -0.749. The zero-order valence-electron chi connectivity index (χ0n) is 14.2. The van der Waals surface area contributed by atoms with Crippen LogP contribution in [0.2, 0.25) is 0 Å². The third-order valence-electron chi connectivity index (χ3n) is 4.58. The molecule has 24 heavy (non-hydrogen) atoms. The molecule has 0 bridgehead atoms. The Bertz CT molecular complexity index is 658. The zero-order valence-corrected chi connectivity index (χ0v) is 15.7. The summed E-state index contributed by atoms with van der Waals surface area (Å²) in [5.74, 6) is 0. The minimum Gasteiger partial charge on any atom is -1.00 e. The summed E-state index contributed by atoms with van der Waals surface area (Å²) in [6, 6.07) is 15.4. The number of hydrogen-bond donors (Lipinski definition) is 1.